The van der Waals surface area contributed by atoms with Gasteiger partial charge < -0.3 is 20.0 Å². The van der Waals surface area contributed by atoms with Gasteiger partial charge in [0.15, 0.2) is 0 Å². The van der Waals surface area contributed by atoms with Gasteiger partial charge in [0.25, 0.3) is 0 Å². The molecule has 0 saturated heterocycles. The monoisotopic (exact) mass is 422 g/mol. The third-order valence-electron chi connectivity index (χ3n) is 10.2. The fraction of sp³-hybridized carbons (Fsp3) is 1.00. The van der Waals surface area contributed by atoms with Crippen LogP contribution in [0.1, 0.15) is 84.5 Å². The van der Waals surface area contributed by atoms with Crippen LogP contribution in [0.5, 0.6) is 0 Å². The van der Waals surface area contributed by atoms with Crippen LogP contribution < -0.4 is 5.48 Å². The van der Waals surface area contributed by atoms with Gasteiger partial charge in [-0.15, -0.1) is 0 Å². The second-order valence-electron chi connectivity index (χ2n) is 11.9. The normalized spacial score (nSPS) is 48.3. The van der Waals surface area contributed by atoms with Crippen molar-refractivity contribution in [3.05, 3.63) is 0 Å². The van der Waals surface area contributed by atoms with Gasteiger partial charge in [-0.25, -0.2) is 0 Å². The molecule has 4 saturated carbocycles. The number of unbranched alkanes of at least 4 members (excludes halogenated alkanes) is 1. The first kappa shape index (κ1) is 23.0. The second kappa shape index (κ2) is 8.62. The zero-order valence-corrected chi connectivity index (χ0v) is 19.8. The number of nitrogens with one attached hydrogen (secondary N) is 1. The van der Waals surface area contributed by atoms with E-state index in [0.29, 0.717) is 23.2 Å². The number of nitrogens with zero attached hydrogens (tertiary/aromatic N) is 1. The third-order valence-corrected chi connectivity index (χ3v) is 10.2. The Hall–Kier alpha value is -0.200. The number of aliphatic hydroxyl groups excluding tert-OH is 1. The largest absolute Gasteiger partial charge is 0.393 e. The summed E-state index contributed by atoms with van der Waals surface area (Å²) in [4.78, 5) is 8.12. The van der Waals surface area contributed by atoms with Crippen LogP contribution >= 0.6 is 0 Å². The highest BCUT2D eigenvalue weighted by Crippen LogP contribution is 2.67. The molecular weight excluding hydrogens is 376 g/mol. The second-order valence-corrected chi connectivity index (χ2v) is 11.9. The van der Waals surface area contributed by atoms with Gasteiger partial charge in [0.1, 0.15) is 0 Å². The topological polar surface area (TPSA) is 65.0 Å². The van der Waals surface area contributed by atoms with Crippen molar-refractivity contribution in [1.82, 2.24) is 10.4 Å². The highest BCUT2D eigenvalue weighted by Gasteiger charge is 2.67. The van der Waals surface area contributed by atoms with E-state index in [-0.39, 0.29) is 17.6 Å². The molecule has 0 amide bonds. The molecule has 4 fully saturated rings. The van der Waals surface area contributed by atoms with Crippen molar-refractivity contribution in [2.45, 2.75) is 102 Å². The minimum absolute atomic E-state index is 0.102. The molecule has 4 aliphatic rings. The maximum atomic E-state index is 12.1. The summed E-state index contributed by atoms with van der Waals surface area (Å²) in [6.45, 7) is 6.65. The summed E-state index contributed by atoms with van der Waals surface area (Å²) < 4.78 is 0. The van der Waals surface area contributed by atoms with Crippen LogP contribution in [-0.4, -0.2) is 60.1 Å². The summed E-state index contributed by atoms with van der Waals surface area (Å²) in [6, 6.07) is 0.246. The Balaban J connectivity index is 1.39. The molecule has 3 N–H and O–H groups in total. The summed E-state index contributed by atoms with van der Waals surface area (Å²) in [5, 5.41) is 22.4. The zero-order valence-electron chi connectivity index (χ0n) is 19.8. The number of hydrogen-bond acceptors (Lipinski definition) is 5. The Labute approximate surface area is 183 Å². The molecule has 0 aromatic heterocycles. The molecule has 8 atom stereocenters. The lowest BCUT2D eigenvalue weighted by Gasteiger charge is -2.63. The molecule has 0 aliphatic heterocycles. The smallest absolute Gasteiger partial charge is 0.0748 e. The SMILES string of the molecule is CN(C)CCCCON[C@H]1CC[C@]2(O)[C@@H]3CC[C@@H]4C[C@@H](O)CC[C@]4(C)[C@H]3CC[C@]12C. The lowest BCUT2D eigenvalue weighted by atomic mass is 9.43. The molecule has 0 unspecified atom stereocenters. The summed E-state index contributed by atoms with van der Waals surface area (Å²) in [5.74, 6) is 1.64. The third kappa shape index (κ3) is 3.77. The van der Waals surface area contributed by atoms with Crippen LogP contribution in [0.3, 0.4) is 0 Å². The van der Waals surface area contributed by atoms with Gasteiger partial charge in [-0.05, 0) is 114 Å². The summed E-state index contributed by atoms with van der Waals surface area (Å²) in [5.41, 5.74) is 3.01. The fourth-order valence-corrected chi connectivity index (χ4v) is 8.15. The Morgan fingerprint density at radius 3 is 2.53 bits per heavy atom. The minimum atomic E-state index is -0.577. The average molecular weight is 423 g/mol. The molecule has 30 heavy (non-hydrogen) atoms. The molecule has 0 bridgehead atoms. The Morgan fingerprint density at radius 1 is 0.967 bits per heavy atom. The van der Waals surface area contributed by atoms with Crippen molar-refractivity contribution >= 4 is 0 Å². The summed E-state index contributed by atoms with van der Waals surface area (Å²) >= 11 is 0. The van der Waals surface area contributed by atoms with Crippen LogP contribution in [0.4, 0.5) is 0 Å². The molecule has 5 nitrogen and oxygen atoms in total. The van der Waals surface area contributed by atoms with Gasteiger partial charge in [-0.3, -0.25) is 0 Å². The quantitative estimate of drug-likeness (QED) is 0.431. The molecule has 4 rings (SSSR count). The maximum absolute atomic E-state index is 12.1. The molecule has 5 heteroatoms. The van der Waals surface area contributed by atoms with Crippen LogP contribution in [0.2, 0.25) is 0 Å². The fourth-order valence-electron chi connectivity index (χ4n) is 8.15. The van der Waals surface area contributed by atoms with Gasteiger partial charge in [-0.1, -0.05) is 13.8 Å². The van der Waals surface area contributed by atoms with Crippen LogP contribution in [-0.2, 0) is 4.84 Å². The summed E-state index contributed by atoms with van der Waals surface area (Å²) in [6.07, 6.45) is 11.7. The van der Waals surface area contributed by atoms with E-state index < -0.39 is 5.60 Å². The summed E-state index contributed by atoms with van der Waals surface area (Å²) in [7, 11) is 4.22. The van der Waals surface area contributed by atoms with E-state index in [9.17, 15) is 10.2 Å². The number of hydrogen-bond donors (Lipinski definition) is 3. The van der Waals surface area contributed by atoms with E-state index >= 15 is 0 Å². The van der Waals surface area contributed by atoms with E-state index in [2.05, 4.69) is 38.3 Å². The Morgan fingerprint density at radius 2 is 1.77 bits per heavy atom. The van der Waals surface area contributed by atoms with Crippen LogP contribution in [0, 0.1) is 28.6 Å². The first-order chi connectivity index (χ1) is 14.2. The highest BCUT2D eigenvalue weighted by atomic mass is 16.6. The van der Waals surface area contributed by atoms with Gasteiger partial charge in [0, 0.05) is 11.5 Å². The Kier molecular flexibility index (Phi) is 6.61. The van der Waals surface area contributed by atoms with Crippen molar-refractivity contribution in [2.24, 2.45) is 28.6 Å². The van der Waals surface area contributed by atoms with Crippen LogP contribution in [0.15, 0.2) is 0 Å². The standard InChI is InChI=1S/C25H46N2O3/c1-23-12-9-19(28)17-18(23)7-8-21-20(23)10-13-24(2)22(11-14-25(21,24)29)26-30-16-6-5-15-27(3)4/h18-22,26,28-29H,5-17H2,1-4H3/t18-,19+,20+,21-,22+,23+,24-,25+/m1/s1. The molecule has 0 aromatic rings. The van der Waals surface area contributed by atoms with E-state index in [4.69, 9.17) is 4.84 Å². The number of fused-ring (bicyclic) bond motifs is 5. The van der Waals surface area contributed by atoms with E-state index in [1.54, 1.807) is 0 Å². The van der Waals surface area contributed by atoms with Crippen LogP contribution in [0.25, 0.3) is 0 Å². The van der Waals surface area contributed by atoms with Gasteiger partial charge in [0.05, 0.1) is 18.3 Å². The predicted molar refractivity (Wildman–Crippen MR) is 120 cm³/mol. The predicted octanol–water partition coefficient (Wildman–Crippen LogP) is 3.74. The zero-order chi connectivity index (χ0) is 21.6. The van der Waals surface area contributed by atoms with Crippen molar-refractivity contribution in [3.63, 3.8) is 0 Å². The molecule has 0 spiro atoms. The minimum Gasteiger partial charge on any atom is -0.393 e. The highest BCUT2D eigenvalue weighted by molar-refractivity contribution is 5.18. The van der Waals surface area contributed by atoms with E-state index in [1.165, 1.54) is 12.8 Å². The van der Waals surface area contributed by atoms with E-state index in [0.717, 1.165) is 70.9 Å². The average Bonchev–Trinajstić information content (AvgIpc) is 2.96. The first-order valence-corrected chi connectivity index (χ1v) is 12.6. The lowest BCUT2D eigenvalue weighted by molar-refractivity contribution is -0.211. The van der Waals surface area contributed by atoms with Crippen molar-refractivity contribution in [3.8, 4) is 0 Å². The molecule has 174 valence electrons. The number of rotatable bonds is 7. The lowest BCUT2D eigenvalue weighted by Crippen LogP contribution is -2.64. The molecular formula is C25H46N2O3. The number of aliphatic hydroxyl groups is 2. The maximum Gasteiger partial charge on any atom is 0.0748 e. The molecule has 0 heterocycles. The van der Waals surface area contributed by atoms with Crippen molar-refractivity contribution < 1.29 is 15.1 Å². The Bertz CT molecular complexity index is 601. The van der Waals surface area contributed by atoms with Crippen molar-refractivity contribution in [2.75, 3.05) is 27.2 Å². The molecule has 4 aliphatic carbocycles. The van der Waals surface area contributed by atoms with Crippen molar-refractivity contribution in [1.29, 1.82) is 0 Å². The number of hydroxylamine groups is 1. The first-order valence-electron chi connectivity index (χ1n) is 12.6. The molecule has 0 radical (unpaired) electrons. The van der Waals surface area contributed by atoms with Gasteiger partial charge >= 0.3 is 0 Å². The van der Waals surface area contributed by atoms with Gasteiger partial charge in [-0.2, -0.15) is 5.48 Å². The van der Waals surface area contributed by atoms with E-state index in [1.807, 2.05) is 0 Å². The molecule has 0 aromatic carbocycles. The van der Waals surface area contributed by atoms with Gasteiger partial charge in [0.2, 0.25) is 0 Å².